The van der Waals surface area contributed by atoms with Gasteiger partial charge in [-0.1, -0.05) is 11.6 Å². The van der Waals surface area contributed by atoms with Gasteiger partial charge in [-0.2, -0.15) is 0 Å². The van der Waals surface area contributed by atoms with Crippen LogP contribution in [0.15, 0.2) is 18.2 Å². The van der Waals surface area contributed by atoms with Crippen molar-refractivity contribution in [2.45, 2.75) is 44.7 Å². The summed E-state index contributed by atoms with van der Waals surface area (Å²) in [4.78, 5) is 2.59. The van der Waals surface area contributed by atoms with Crippen LogP contribution in [0.2, 0.25) is 5.02 Å². The normalized spacial score (nSPS) is 18.0. The molecule has 1 N–H and O–H groups in total. The highest BCUT2D eigenvalue weighted by atomic mass is 35.5. The van der Waals surface area contributed by atoms with E-state index in [9.17, 15) is 0 Å². The fourth-order valence-electron chi connectivity index (χ4n) is 3.35. The van der Waals surface area contributed by atoms with E-state index in [1.54, 1.807) is 7.11 Å². The molecule has 0 aliphatic carbocycles. The molecule has 118 valence electrons. The molecule has 21 heavy (non-hydrogen) atoms. The Hall–Kier alpha value is -0.770. The SMILES string of the molecule is CNC(Cc1cc(Cl)ccc1OC)C(C)(C)N1CCCC1. The highest BCUT2D eigenvalue weighted by Gasteiger charge is 2.36. The summed E-state index contributed by atoms with van der Waals surface area (Å²) in [5.41, 5.74) is 1.27. The maximum absolute atomic E-state index is 6.16. The van der Waals surface area contributed by atoms with Crippen molar-refractivity contribution in [2.24, 2.45) is 0 Å². The van der Waals surface area contributed by atoms with E-state index in [4.69, 9.17) is 16.3 Å². The fraction of sp³-hybridized carbons (Fsp3) is 0.647. The molecule has 1 saturated heterocycles. The zero-order valence-electron chi connectivity index (χ0n) is 13.6. The number of methoxy groups -OCH3 is 1. The lowest BCUT2D eigenvalue weighted by Crippen LogP contribution is -2.57. The Bertz CT molecular complexity index is 470. The Morgan fingerprint density at radius 2 is 2.00 bits per heavy atom. The van der Waals surface area contributed by atoms with E-state index < -0.39 is 0 Å². The topological polar surface area (TPSA) is 24.5 Å². The molecular weight excluding hydrogens is 284 g/mol. The molecule has 1 aromatic rings. The molecule has 3 nitrogen and oxygen atoms in total. The molecule has 1 heterocycles. The summed E-state index contributed by atoms with van der Waals surface area (Å²) in [5, 5.41) is 4.26. The summed E-state index contributed by atoms with van der Waals surface area (Å²) in [5.74, 6) is 0.914. The number of hydrogen-bond donors (Lipinski definition) is 1. The lowest BCUT2D eigenvalue weighted by molar-refractivity contribution is 0.110. The average Bonchev–Trinajstić information content (AvgIpc) is 2.99. The van der Waals surface area contributed by atoms with Crippen LogP contribution in [0.25, 0.3) is 0 Å². The van der Waals surface area contributed by atoms with Crippen molar-refractivity contribution < 1.29 is 4.74 Å². The third kappa shape index (κ3) is 3.71. The zero-order valence-corrected chi connectivity index (χ0v) is 14.3. The molecule has 0 bridgehead atoms. The van der Waals surface area contributed by atoms with E-state index in [1.165, 1.54) is 25.9 Å². The number of likely N-dealkylation sites (tertiary alicyclic amines) is 1. The predicted octanol–water partition coefficient (Wildman–Crippen LogP) is 3.35. The minimum absolute atomic E-state index is 0.110. The van der Waals surface area contributed by atoms with Gasteiger partial charge in [0.2, 0.25) is 0 Å². The van der Waals surface area contributed by atoms with E-state index in [1.807, 2.05) is 25.2 Å². The first-order chi connectivity index (χ1) is 9.98. The lowest BCUT2D eigenvalue weighted by Gasteiger charge is -2.42. The number of benzene rings is 1. The quantitative estimate of drug-likeness (QED) is 0.872. The van der Waals surface area contributed by atoms with Crippen molar-refractivity contribution in [3.05, 3.63) is 28.8 Å². The molecule has 2 rings (SSSR count). The van der Waals surface area contributed by atoms with E-state index >= 15 is 0 Å². The van der Waals surface area contributed by atoms with Crippen molar-refractivity contribution >= 4 is 11.6 Å². The highest BCUT2D eigenvalue weighted by molar-refractivity contribution is 6.30. The van der Waals surface area contributed by atoms with E-state index in [-0.39, 0.29) is 5.54 Å². The molecule has 1 aliphatic rings. The van der Waals surface area contributed by atoms with Gasteiger partial charge in [0.1, 0.15) is 5.75 Å². The van der Waals surface area contributed by atoms with Crippen LogP contribution >= 0.6 is 11.6 Å². The molecule has 1 atom stereocenters. The second-order valence-corrected chi connectivity index (χ2v) is 6.79. The van der Waals surface area contributed by atoms with Crippen molar-refractivity contribution in [2.75, 3.05) is 27.2 Å². The van der Waals surface area contributed by atoms with Gasteiger partial charge in [-0.05, 0) is 77.0 Å². The minimum Gasteiger partial charge on any atom is -0.496 e. The van der Waals surface area contributed by atoms with E-state index in [2.05, 4.69) is 24.1 Å². The van der Waals surface area contributed by atoms with Gasteiger partial charge in [-0.15, -0.1) is 0 Å². The largest absolute Gasteiger partial charge is 0.496 e. The maximum Gasteiger partial charge on any atom is 0.122 e. The molecular formula is C17H27ClN2O. The van der Waals surface area contributed by atoms with Gasteiger partial charge in [0.15, 0.2) is 0 Å². The van der Waals surface area contributed by atoms with Gasteiger partial charge in [0, 0.05) is 16.6 Å². The molecule has 0 aromatic heterocycles. The molecule has 1 aromatic carbocycles. The van der Waals surface area contributed by atoms with E-state index in [0.29, 0.717) is 6.04 Å². The number of likely N-dealkylation sites (N-methyl/N-ethyl adjacent to an activating group) is 1. The Morgan fingerprint density at radius 1 is 1.33 bits per heavy atom. The summed E-state index contributed by atoms with van der Waals surface area (Å²) >= 11 is 6.16. The smallest absolute Gasteiger partial charge is 0.122 e. The molecule has 0 spiro atoms. The van der Waals surface area contributed by atoms with Crippen molar-refractivity contribution in [3.8, 4) is 5.75 Å². The Kier molecular flexibility index (Phi) is 5.53. The van der Waals surface area contributed by atoms with Gasteiger partial charge in [0.25, 0.3) is 0 Å². The number of hydrogen-bond acceptors (Lipinski definition) is 3. The zero-order chi connectivity index (χ0) is 15.5. The maximum atomic E-state index is 6.16. The number of nitrogens with one attached hydrogen (secondary N) is 1. The molecule has 0 radical (unpaired) electrons. The summed E-state index contributed by atoms with van der Waals surface area (Å²) in [7, 11) is 3.76. The Morgan fingerprint density at radius 3 is 2.57 bits per heavy atom. The highest BCUT2D eigenvalue weighted by Crippen LogP contribution is 2.30. The summed E-state index contributed by atoms with van der Waals surface area (Å²) in [6.07, 6.45) is 3.52. The number of ether oxygens (including phenoxy) is 1. The van der Waals surface area contributed by atoms with Crippen LogP contribution < -0.4 is 10.1 Å². The number of halogens is 1. The molecule has 1 fully saturated rings. The van der Waals surface area contributed by atoms with Crippen LogP contribution in [-0.2, 0) is 6.42 Å². The third-order valence-electron chi connectivity index (χ3n) is 4.79. The first-order valence-electron chi connectivity index (χ1n) is 7.73. The van der Waals surface area contributed by atoms with E-state index in [0.717, 1.165) is 22.8 Å². The molecule has 1 aliphatic heterocycles. The van der Waals surface area contributed by atoms with Crippen molar-refractivity contribution in [1.29, 1.82) is 0 Å². The van der Waals surface area contributed by atoms with Crippen LogP contribution in [0.3, 0.4) is 0 Å². The van der Waals surface area contributed by atoms with Gasteiger partial charge in [-0.3, -0.25) is 4.90 Å². The summed E-state index contributed by atoms with van der Waals surface area (Å²) in [6, 6.07) is 6.20. The Balaban J connectivity index is 2.20. The van der Waals surface area contributed by atoms with Gasteiger partial charge in [-0.25, -0.2) is 0 Å². The first-order valence-corrected chi connectivity index (χ1v) is 8.11. The van der Waals surface area contributed by atoms with Crippen LogP contribution in [0.4, 0.5) is 0 Å². The van der Waals surface area contributed by atoms with Crippen LogP contribution in [0, 0.1) is 0 Å². The number of nitrogens with zero attached hydrogens (tertiary/aromatic N) is 1. The predicted molar refractivity (Wildman–Crippen MR) is 89.4 cm³/mol. The summed E-state index contributed by atoms with van der Waals surface area (Å²) < 4.78 is 5.48. The van der Waals surface area contributed by atoms with Gasteiger partial charge in [0.05, 0.1) is 7.11 Å². The standard InChI is InChI=1S/C17H27ClN2O/c1-17(2,20-9-5-6-10-20)16(19-3)12-13-11-14(18)7-8-15(13)21-4/h7-8,11,16,19H,5-6,9-10,12H2,1-4H3. The van der Waals surface area contributed by atoms with Crippen LogP contribution in [0.1, 0.15) is 32.3 Å². The number of rotatable bonds is 6. The molecule has 1 unspecified atom stereocenters. The third-order valence-corrected chi connectivity index (χ3v) is 5.02. The lowest BCUT2D eigenvalue weighted by atomic mass is 9.87. The van der Waals surface area contributed by atoms with Crippen LogP contribution in [-0.4, -0.2) is 43.7 Å². The second kappa shape index (κ2) is 6.99. The van der Waals surface area contributed by atoms with Crippen LogP contribution in [0.5, 0.6) is 5.75 Å². The molecule has 0 amide bonds. The minimum atomic E-state index is 0.110. The summed E-state index contributed by atoms with van der Waals surface area (Å²) in [6.45, 7) is 7.04. The fourth-order valence-corrected chi connectivity index (χ4v) is 3.54. The monoisotopic (exact) mass is 310 g/mol. The second-order valence-electron chi connectivity index (χ2n) is 6.35. The van der Waals surface area contributed by atoms with Crippen molar-refractivity contribution in [3.63, 3.8) is 0 Å². The van der Waals surface area contributed by atoms with Gasteiger partial charge >= 0.3 is 0 Å². The Labute approximate surface area is 133 Å². The van der Waals surface area contributed by atoms with Crippen molar-refractivity contribution in [1.82, 2.24) is 10.2 Å². The van der Waals surface area contributed by atoms with Gasteiger partial charge < -0.3 is 10.1 Å². The molecule has 0 saturated carbocycles. The average molecular weight is 311 g/mol. The first kappa shape index (κ1) is 16.6. The molecule has 4 heteroatoms.